The zero-order valence-electron chi connectivity index (χ0n) is 12.3. The molecule has 0 heterocycles. The van der Waals surface area contributed by atoms with E-state index in [1.54, 1.807) is 31.2 Å². The monoisotopic (exact) mass is 393 g/mol. The third-order valence-electron chi connectivity index (χ3n) is 3.04. The zero-order chi connectivity index (χ0) is 17.9. The lowest BCUT2D eigenvalue weighted by molar-refractivity contribution is -0.137. The van der Waals surface area contributed by atoms with Gasteiger partial charge >= 0.3 is 6.18 Å². The molecule has 1 atom stereocenters. The van der Waals surface area contributed by atoms with Crippen LogP contribution in [-0.2, 0) is 11.0 Å². The number of anilines is 1. The second-order valence-electron chi connectivity index (χ2n) is 4.90. The van der Waals surface area contributed by atoms with Crippen molar-refractivity contribution in [3.63, 3.8) is 0 Å². The number of alkyl halides is 3. The number of benzene rings is 2. The lowest BCUT2D eigenvalue weighted by Gasteiger charge is -2.14. The van der Waals surface area contributed by atoms with Crippen molar-refractivity contribution in [3.8, 4) is 0 Å². The second-order valence-corrected chi connectivity index (χ2v) is 7.15. The van der Waals surface area contributed by atoms with E-state index in [2.05, 4.69) is 5.32 Å². The van der Waals surface area contributed by atoms with Crippen LogP contribution in [-0.4, -0.2) is 11.2 Å². The average Bonchev–Trinajstić information content (AvgIpc) is 2.50. The van der Waals surface area contributed by atoms with E-state index in [9.17, 15) is 18.0 Å². The number of hydrogen-bond acceptors (Lipinski definition) is 2. The minimum atomic E-state index is -4.54. The van der Waals surface area contributed by atoms with Crippen molar-refractivity contribution in [2.75, 3.05) is 5.32 Å². The minimum absolute atomic E-state index is 0.311. The lowest BCUT2D eigenvalue weighted by Crippen LogP contribution is -2.22. The Bertz CT molecular complexity index is 735. The molecule has 0 spiro atoms. The van der Waals surface area contributed by atoms with E-state index in [1.165, 1.54) is 12.1 Å². The van der Waals surface area contributed by atoms with Gasteiger partial charge in [-0.2, -0.15) is 13.2 Å². The first-order valence-corrected chi connectivity index (χ1v) is 8.40. The molecule has 128 valence electrons. The van der Waals surface area contributed by atoms with E-state index in [0.717, 1.165) is 17.8 Å². The van der Waals surface area contributed by atoms with Gasteiger partial charge in [0.1, 0.15) is 0 Å². The number of carbonyl (C=O) groups excluding carboxylic acids is 1. The fraction of sp³-hybridized carbons (Fsp3) is 0.188. The number of halogens is 5. The van der Waals surface area contributed by atoms with Crippen molar-refractivity contribution in [1.29, 1.82) is 0 Å². The third kappa shape index (κ3) is 5.06. The first kappa shape index (κ1) is 19.0. The molecule has 8 heteroatoms. The Labute approximate surface area is 151 Å². The van der Waals surface area contributed by atoms with Gasteiger partial charge in [0.05, 0.1) is 15.8 Å². The number of amides is 1. The molecular formula is C16H12Cl2F3NOS. The second kappa shape index (κ2) is 7.68. The van der Waals surface area contributed by atoms with Crippen molar-refractivity contribution < 1.29 is 18.0 Å². The highest BCUT2D eigenvalue weighted by atomic mass is 35.5. The average molecular weight is 394 g/mol. The number of hydrogen-bond donors (Lipinski definition) is 1. The maximum atomic E-state index is 12.9. The van der Waals surface area contributed by atoms with E-state index in [0.29, 0.717) is 15.6 Å². The van der Waals surface area contributed by atoms with E-state index in [1.807, 2.05) is 0 Å². The summed E-state index contributed by atoms with van der Waals surface area (Å²) in [6.07, 6.45) is -4.54. The van der Waals surface area contributed by atoms with Crippen LogP contribution >= 0.6 is 35.0 Å². The fourth-order valence-corrected chi connectivity index (χ4v) is 3.09. The fourth-order valence-electron chi connectivity index (χ4n) is 1.83. The molecule has 24 heavy (non-hydrogen) atoms. The summed E-state index contributed by atoms with van der Waals surface area (Å²) in [7, 11) is 0. The SMILES string of the molecule is C[C@@H](Sc1ccc(Cl)c(C(F)(F)F)c1)C(=O)Nc1ccc(Cl)cc1. The molecule has 0 unspecified atom stereocenters. The number of thioether (sulfide) groups is 1. The molecule has 0 radical (unpaired) electrons. The van der Waals surface area contributed by atoms with Gasteiger partial charge in [-0.25, -0.2) is 0 Å². The summed E-state index contributed by atoms with van der Waals surface area (Å²) >= 11 is 12.4. The molecule has 2 rings (SSSR count). The molecule has 2 aromatic carbocycles. The van der Waals surface area contributed by atoms with Crippen LogP contribution in [0.15, 0.2) is 47.4 Å². The smallest absolute Gasteiger partial charge is 0.325 e. The molecule has 2 nitrogen and oxygen atoms in total. The van der Waals surface area contributed by atoms with Crippen molar-refractivity contribution in [2.45, 2.75) is 23.2 Å². The van der Waals surface area contributed by atoms with Crippen LogP contribution in [0.4, 0.5) is 18.9 Å². The Kier molecular flexibility index (Phi) is 6.06. The maximum absolute atomic E-state index is 12.9. The molecule has 0 aliphatic heterocycles. The maximum Gasteiger partial charge on any atom is 0.417 e. The number of carbonyl (C=O) groups is 1. The molecule has 1 N–H and O–H groups in total. The van der Waals surface area contributed by atoms with Crippen molar-refractivity contribution in [1.82, 2.24) is 0 Å². The van der Waals surface area contributed by atoms with Crippen LogP contribution < -0.4 is 5.32 Å². The standard InChI is InChI=1S/C16H12Cl2F3NOS/c1-9(15(23)22-11-4-2-10(17)3-5-11)24-12-6-7-14(18)13(8-12)16(19,20)21/h2-9H,1H3,(H,22,23)/t9-/m1/s1. The van der Waals surface area contributed by atoms with Gasteiger partial charge in [0.2, 0.25) is 5.91 Å². The molecule has 0 aliphatic rings. The number of rotatable bonds is 4. The minimum Gasteiger partial charge on any atom is -0.325 e. The van der Waals surface area contributed by atoms with Crippen molar-refractivity contribution >= 4 is 46.6 Å². The molecular weight excluding hydrogens is 382 g/mol. The largest absolute Gasteiger partial charge is 0.417 e. The van der Waals surface area contributed by atoms with Gasteiger partial charge in [-0.3, -0.25) is 4.79 Å². The Balaban J connectivity index is 2.07. The van der Waals surface area contributed by atoms with E-state index in [4.69, 9.17) is 23.2 Å². The Morgan fingerprint density at radius 2 is 1.75 bits per heavy atom. The predicted molar refractivity (Wildman–Crippen MR) is 91.9 cm³/mol. The summed E-state index contributed by atoms with van der Waals surface area (Å²) < 4.78 is 38.6. The van der Waals surface area contributed by atoms with Gasteiger partial charge in [0.25, 0.3) is 0 Å². The summed E-state index contributed by atoms with van der Waals surface area (Å²) in [5.41, 5.74) is -0.358. The quantitative estimate of drug-likeness (QED) is 0.632. The molecule has 2 aromatic rings. The van der Waals surface area contributed by atoms with Crippen LogP contribution in [0.25, 0.3) is 0 Å². The van der Waals surface area contributed by atoms with Crippen LogP contribution in [0, 0.1) is 0 Å². The molecule has 1 amide bonds. The van der Waals surface area contributed by atoms with E-state index in [-0.39, 0.29) is 10.9 Å². The van der Waals surface area contributed by atoms with Gasteiger partial charge < -0.3 is 5.32 Å². The molecule has 0 aliphatic carbocycles. The van der Waals surface area contributed by atoms with Gasteiger partial charge in [0, 0.05) is 15.6 Å². The van der Waals surface area contributed by atoms with Crippen LogP contribution in [0.2, 0.25) is 10.0 Å². The molecule has 0 saturated heterocycles. The highest BCUT2D eigenvalue weighted by Gasteiger charge is 2.33. The van der Waals surface area contributed by atoms with Gasteiger partial charge in [-0.15, -0.1) is 11.8 Å². The van der Waals surface area contributed by atoms with Crippen molar-refractivity contribution in [3.05, 3.63) is 58.1 Å². The van der Waals surface area contributed by atoms with Crippen LogP contribution in [0.3, 0.4) is 0 Å². The van der Waals surface area contributed by atoms with Gasteiger partial charge in [0.15, 0.2) is 0 Å². The predicted octanol–water partition coefficient (Wildman–Crippen LogP) is 6.13. The van der Waals surface area contributed by atoms with E-state index >= 15 is 0 Å². The van der Waals surface area contributed by atoms with Gasteiger partial charge in [-0.05, 0) is 49.4 Å². The normalized spacial score (nSPS) is 12.8. The lowest BCUT2D eigenvalue weighted by atomic mass is 10.2. The highest BCUT2D eigenvalue weighted by molar-refractivity contribution is 8.00. The van der Waals surface area contributed by atoms with Gasteiger partial charge in [-0.1, -0.05) is 23.2 Å². The Morgan fingerprint density at radius 1 is 1.12 bits per heavy atom. The Morgan fingerprint density at radius 3 is 2.33 bits per heavy atom. The molecule has 0 bridgehead atoms. The molecule has 0 aromatic heterocycles. The van der Waals surface area contributed by atoms with Crippen LogP contribution in [0.5, 0.6) is 0 Å². The summed E-state index contributed by atoms with van der Waals surface area (Å²) in [5, 5.41) is 2.25. The summed E-state index contributed by atoms with van der Waals surface area (Å²) in [4.78, 5) is 12.4. The summed E-state index contributed by atoms with van der Waals surface area (Å²) in [5.74, 6) is -0.328. The first-order chi connectivity index (χ1) is 11.2. The molecule has 0 fully saturated rings. The highest BCUT2D eigenvalue weighted by Crippen LogP contribution is 2.37. The summed E-state index contributed by atoms with van der Waals surface area (Å²) in [6, 6.07) is 10.1. The summed E-state index contributed by atoms with van der Waals surface area (Å²) in [6.45, 7) is 1.61. The third-order valence-corrected chi connectivity index (χ3v) is 4.71. The van der Waals surface area contributed by atoms with Crippen LogP contribution in [0.1, 0.15) is 12.5 Å². The van der Waals surface area contributed by atoms with Crippen molar-refractivity contribution in [2.24, 2.45) is 0 Å². The van der Waals surface area contributed by atoms with E-state index < -0.39 is 17.0 Å². The number of nitrogens with one attached hydrogen (secondary N) is 1. The molecule has 0 saturated carbocycles. The zero-order valence-corrected chi connectivity index (χ0v) is 14.7. The first-order valence-electron chi connectivity index (χ1n) is 6.76. The topological polar surface area (TPSA) is 29.1 Å². The Hall–Kier alpha value is -1.37.